The molecule has 26 heavy (non-hydrogen) atoms. The summed E-state index contributed by atoms with van der Waals surface area (Å²) in [6, 6.07) is 15.7. The molecule has 0 saturated carbocycles. The van der Waals surface area contributed by atoms with Crippen LogP contribution in [0.3, 0.4) is 0 Å². The molecule has 7 nitrogen and oxygen atoms in total. The molecular weight excluding hydrogens is 330 g/mol. The number of nitrogens with zero attached hydrogens (tertiary/aromatic N) is 3. The van der Waals surface area contributed by atoms with Crippen LogP contribution in [0.25, 0.3) is 33.6 Å². The van der Waals surface area contributed by atoms with Crippen LogP contribution in [-0.4, -0.2) is 36.7 Å². The van der Waals surface area contributed by atoms with Crippen LogP contribution in [-0.2, 0) is 0 Å². The number of rotatable bonds is 4. The fourth-order valence-corrected chi connectivity index (χ4v) is 2.87. The second kappa shape index (κ2) is 6.29. The van der Waals surface area contributed by atoms with Gasteiger partial charge in [-0.25, -0.2) is 4.79 Å². The maximum Gasteiger partial charge on any atom is 0.358 e. The molecule has 0 aliphatic heterocycles. The van der Waals surface area contributed by atoms with Gasteiger partial charge in [-0.05, 0) is 29.2 Å². The van der Waals surface area contributed by atoms with Crippen molar-refractivity contribution in [2.45, 2.75) is 6.92 Å². The number of aryl methyl sites for hydroxylation is 1. The number of carbonyl (C=O) groups is 1. The molecule has 2 aromatic carbocycles. The van der Waals surface area contributed by atoms with Gasteiger partial charge in [0.1, 0.15) is 5.69 Å². The molecule has 0 radical (unpaired) electrons. The van der Waals surface area contributed by atoms with Crippen LogP contribution in [0.4, 0.5) is 0 Å². The van der Waals surface area contributed by atoms with Gasteiger partial charge in [0.05, 0.1) is 11.9 Å². The van der Waals surface area contributed by atoms with Gasteiger partial charge in [0.2, 0.25) is 0 Å². The number of carboxylic acid groups (broad SMARTS) is 1. The van der Waals surface area contributed by atoms with E-state index in [2.05, 4.69) is 25.6 Å². The highest BCUT2D eigenvalue weighted by Gasteiger charge is 2.16. The number of aromatic amines is 2. The number of aromatic nitrogens is 5. The number of hydrogen-bond donors (Lipinski definition) is 3. The monoisotopic (exact) mass is 345 g/mol. The van der Waals surface area contributed by atoms with Crippen molar-refractivity contribution in [3.63, 3.8) is 0 Å². The van der Waals surface area contributed by atoms with E-state index in [1.54, 1.807) is 6.20 Å². The molecule has 2 heterocycles. The van der Waals surface area contributed by atoms with E-state index in [0.29, 0.717) is 11.3 Å². The van der Waals surface area contributed by atoms with Crippen molar-refractivity contribution in [2.24, 2.45) is 0 Å². The van der Waals surface area contributed by atoms with E-state index in [1.165, 1.54) is 0 Å². The van der Waals surface area contributed by atoms with Gasteiger partial charge < -0.3 is 5.11 Å². The predicted octanol–water partition coefficient (Wildman–Crippen LogP) is 3.54. The normalized spacial score (nSPS) is 10.8. The summed E-state index contributed by atoms with van der Waals surface area (Å²) in [4.78, 5) is 11.2. The molecule has 0 bridgehead atoms. The Kier molecular flexibility index (Phi) is 3.81. The van der Waals surface area contributed by atoms with E-state index in [-0.39, 0.29) is 5.69 Å². The lowest BCUT2D eigenvalue weighted by Gasteiger charge is -2.05. The minimum atomic E-state index is -1.11. The molecule has 0 unspecified atom stereocenters. The van der Waals surface area contributed by atoms with Gasteiger partial charge >= 0.3 is 5.97 Å². The Balaban J connectivity index is 1.62. The number of hydrogen-bond acceptors (Lipinski definition) is 4. The molecule has 3 N–H and O–H groups in total. The van der Waals surface area contributed by atoms with Crippen LogP contribution in [0.1, 0.15) is 16.1 Å². The van der Waals surface area contributed by atoms with Crippen molar-refractivity contribution in [3.8, 4) is 33.6 Å². The molecule has 0 amide bonds. The van der Waals surface area contributed by atoms with Gasteiger partial charge in [-0.3, -0.25) is 5.10 Å². The maximum absolute atomic E-state index is 11.2. The highest BCUT2D eigenvalue weighted by atomic mass is 16.4. The molecule has 7 heteroatoms. The number of H-pyrrole nitrogens is 2. The topological polar surface area (TPSA) is 108 Å². The predicted molar refractivity (Wildman–Crippen MR) is 96.5 cm³/mol. The fraction of sp³-hybridized carbons (Fsp3) is 0.0526. The largest absolute Gasteiger partial charge is 0.476 e. The van der Waals surface area contributed by atoms with E-state index in [1.807, 2.05) is 55.5 Å². The Bertz CT molecular complexity index is 1060. The molecule has 4 rings (SSSR count). The molecule has 0 atom stereocenters. The lowest BCUT2D eigenvalue weighted by Crippen LogP contribution is -1.99. The van der Waals surface area contributed by atoms with E-state index >= 15 is 0 Å². The molecule has 128 valence electrons. The van der Waals surface area contributed by atoms with Crippen LogP contribution >= 0.6 is 0 Å². The van der Waals surface area contributed by atoms with Crippen molar-refractivity contribution in [3.05, 3.63) is 66.0 Å². The quantitative estimate of drug-likeness (QED) is 0.524. The summed E-state index contributed by atoms with van der Waals surface area (Å²) in [5.41, 5.74) is 6.23. The standard InChI is InChI=1S/C19H15N5O2/c1-11-10-20-21-16(11)14-6-2-12(3-7-14)13-4-8-15(9-5-13)17-18(19(25)26)23-24-22-17/h2-10H,1H3,(H,20,21)(H,25,26)(H,22,23,24). The lowest BCUT2D eigenvalue weighted by molar-refractivity contribution is 0.0691. The Morgan fingerprint density at radius 2 is 1.46 bits per heavy atom. The van der Waals surface area contributed by atoms with Crippen LogP contribution in [0.5, 0.6) is 0 Å². The van der Waals surface area contributed by atoms with Gasteiger partial charge in [-0.1, -0.05) is 48.5 Å². The highest BCUT2D eigenvalue weighted by molar-refractivity contribution is 5.92. The zero-order valence-electron chi connectivity index (χ0n) is 13.9. The summed E-state index contributed by atoms with van der Waals surface area (Å²) in [5, 5.41) is 26.2. The average molecular weight is 345 g/mol. The van der Waals surface area contributed by atoms with Crippen LogP contribution in [0.15, 0.2) is 54.7 Å². The third kappa shape index (κ3) is 2.75. The summed E-state index contributed by atoms with van der Waals surface area (Å²) < 4.78 is 0. The van der Waals surface area contributed by atoms with Crippen molar-refractivity contribution in [2.75, 3.05) is 0 Å². The van der Waals surface area contributed by atoms with Crippen molar-refractivity contribution >= 4 is 5.97 Å². The van der Waals surface area contributed by atoms with Crippen LogP contribution in [0.2, 0.25) is 0 Å². The van der Waals surface area contributed by atoms with Gasteiger partial charge in [0.25, 0.3) is 0 Å². The van der Waals surface area contributed by atoms with Crippen molar-refractivity contribution in [1.29, 1.82) is 0 Å². The Morgan fingerprint density at radius 3 is 2.00 bits per heavy atom. The summed E-state index contributed by atoms with van der Waals surface area (Å²) in [6.45, 7) is 2.01. The van der Waals surface area contributed by atoms with E-state index < -0.39 is 5.97 Å². The molecule has 0 fully saturated rings. The van der Waals surface area contributed by atoms with Crippen molar-refractivity contribution < 1.29 is 9.90 Å². The van der Waals surface area contributed by atoms with Gasteiger partial charge in [0, 0.05) is 5.56 Å². The van der Waals surface area contributed by atoms with E-state index in [9.17, 15) is 4.79 Å². The third-order valence-electron chi connectivity index (χ3n) is 4.24. The van der Waals surface area contributed by atoms with Crippen LogP contribution in [0, 0.1) is 6.92 Å². The zero-order chi connectivity index (χ0) is 18.1. The molecule has 4 aromatic rings. The minimum Gasteiger partial charge on any atom is -0.476 e. The summed E-state index contributed by atoms with van der Waals surface area (Å²) in [7, 11) is 0. The van der Waals surface area contributed by atoms with Crippen LogP contribution < -0.4 is 0 Å². The van der Waals surface area contributed by atoms with E-state index in [0.717, 1.165) is 27.9 Å². The summed E-state index contributed by atoms with van der Waals surface area (Å²) in [6.07, 6.45) is 1.80. The number of benzene rings is 2. The van der Waals surface area contributed by atoms with Gasteiger partial charge in [-0.15, -0.1) is 5.10 Å². The number of carboxylic acids is 1. The third-order valence-corrected chi connectivity index (χ3v) is 4.24. The first-order valence-corrected chi connectivity index (χ1v) is 7.99. The molecular formula is C19H15N5O2. The first-order chi connectivity index (χ1) is 12.6. The SMILES string of the molecule is Cc1cn[nH]c1-c1ccc(-c2ccc(-c3n[nH]nc3C(=O)O)cc2)cc1. The van der Waals surface area contributed by atoms with E-state index in [4.69, 9.17) is 5.11 Å². The molecule has 0 aliphatic rings. The molecule has 0 aliphatic carbocycles. The Labute approximate surface area is 148 Å². The summed E-state index contributed by atoms with van der Waals surface area (Å²) in [5.74, 6) is -1.11. The second-order valence-electron chi connectivity index (χ2n) is 5.91. The molecule has 0 saturated heterocycles. The smallest absolute Gasteiger partial charge is 0.358 e. The first-order valence-electron chi connectivity index (χ1n) is 7.99. The zero-order valence-corrected chi connectivity index (χ0v) is 13.9. The minimum absolute atomic E-state index is 0.0861. The fourth-order valence-electron chi connectivity index (χ4n) is 2.87. The Hall–Kier alpha value is -3.74. The number of aromatic carboxylic acids is 1. The molecule has 0 spiro atoms. The van der Waals surface area contributed by atoms with Gasteiger partial charge in [-0.2, -0.15) is 15.4 Å². The number of nitrogens with one attached hydrogen (secondary N) is 2. The van der Waals surface area contributed by atoms with Crippen molar-refractivity contribution in [1.82, 2.24) is 25.6 Å². The maximum atomic E-state index is 11.2. The lowest BCUT2D eigenvalue weighted by atomic mass is 10.00. The molecule has 2 aromatic heterocycles. The summed E-state index contributed by atoms with van der Waals surface area (Å²) >= 11 is 0. The van der Waals surface area contributed by atoms with Gasteiger partial charge in [0.15, 0.2) is 5.69 Å². The second-order valence-corrected chi connectivity index (χ2v) is 5.91. The highest BCUT2D eigenvalue weighted by Crippen LogP contribution is 2.27. The average Bonchev–Trinajstić information content (AvgIpc) is 3.31. The Morgan fingerprint density at radius 1 is 0.885 bits per heavy atom. The first kappa shape index (κ1) is 15.8.